The first kappa shape index (κ1) is 10.6. The molecule has 1 saturated carbocycles. The van der Waals surface area contributed by atoms with Crippen molar-refractivity contribution in [3.63, 3.8) is 0 Å². The predicted octanol–water partition coefficient (Wildman–Crippen LogP) is 3.15. The summed E-state index contributed by atoms with van der Waals surface area (Å²) >= 11 is 0. The minimum atomic E-state index is -0.805. The van der Waals surface area contributed by atoms with Crippen LogP contribution in [-0.4, -0.2) is 0 Å². The van der Waals surface area contributed by atoms with Crippen molar-refractivity contribution in [2.45, 2.75) is 31.7 Å². The maximum Gasteiger partial charge on any atom is 0.163 e. The zero-order chi connectivity index (χ0) is 10.8. The van der Waals surface area contributed by atoms with Crippen molar-refractivity contribution in [2.75, 3.05) is 0 Å². The predicted molar refractivity (Wildman–Crippen MR) is 55.2 cm³/mol. The van der Waals surface area contributed by atoms with Gasteiger partial charge < -0.3 is 5.73 Å². The van der Waals surface area contributed by atoms with Gasteiger partial charge in [0.15, 0.2) is 11.6 Å². The summed E-state index contributed by atoms with van der Waals surface area (Å²) in [5.74, 6) is -1.28. The lowest BCUT2D eigenvalue weighted by Gasteiger charge is -2.19. The lowest BCUT2D eigenvalue weighted by molar-refractivity contribution is 0.415. The van der Waals surface area contributed by atoms with E-state index >= 15 is 0 Å². The molecule has 82 valence electrons. The Morgan fingerprint density at radius 3 is 2.53 bits per heavy atom. The summed E-state index contributed by atoms with van der Waals surface area (Å²) in [7, 11) is 0. The Morgan fingerprint density at radius 1 is 1.20 bits per heavy atom. The molecule has 0 amide bonds. The third-order valence-electron chi connectivity index (χ3n) is 3.25. The van der Waals surface area contributed by atoms with Crippen LogP contribution in [0.25, 0.3) is 0 Å². The van der Waals surface area contributed by atoms with Crippen LogP contribution in [0, 0.1) is 17.6 Å². The molecule has 0 radical (unpaired) electrons. The van der Waals surface area contributed by atoms with E-state index in [0.29, 0.717) is 11.5 Å². The molecule has 0 bridgehead atoms. The van der Waals surface area contributed by atoms with Crippen molar-refractivity contribution < 1.29 is 8.78 Å². The summed E-state index contributed by atoms with van der Waals surface area (Å²) in [6, 6.07) is 3.87. The van der Waals surface area contributed by atoms with Gasteiger partial charge in [-0.05, 0) is 24.8 Å². The monoisotopic (exact) mass is 211 g/mol. The van der Waals surface area contributed by atoms with Gasteiger partial charge in [-0.15, -0.1) is 0 Å². The SMILES string of the molecule is NC(c1cccc(F)c1F)C1CCCC1. The second kappa shape index (κ2) is 4.27. The molecule has 1 fully saturated rings. The second-order valence-corrected chi connectivity index (χ2v) is 4.21. The average Bonchev–Trinajstić information content (AvgIpc) is 2.74. The van der Waals surface area contributed by atoms with Gasteiger partial charge in [-0.2, -0.15) is 0 Å². The third-order valence-corrected chi connectivity index (χ3v) is 3.25. The Morgan fingerprint density at radius 2 is 1.87 bits per heavy atom. The number of nitrogens with two attached hydrogens (primary N) is 1. The Hall–Kier alpha value is -0.960. The Kier molecular flexibility index (Phi) is 3.00. The van der Waals surface area contributed by atoms with Crippen LogP contribution >= 0.6 is 0 Å². The second-order valence-electron chi connectivity index (χ2n) is 4.21. The lowest BCUT2D eigenvalue weighted by Crippen LogP contribution is -2.20. The van der Waals surface area contributed by atoms with Crippen LogP contribution in [0.3, 0.4) is 0 Å². The maximum atomic E-state index is 13.5. The van der Waals surface area contributed by atoms with Gasteiger partial charge in [0.1, 0.15) is 0 Å². The van der Waals surface area contributed by atoms with Crippen LogP contribution in [0.5, 0.6) is 0 Å². The topological polar surface area (TPSA) is 26.0 Å². The first-order chi connectivity index (χ1) is 7.20. The highest BCUT2D eigenvalue weighted by Crippen LogP contribution is 2.35. The highest BCUT2D eigenvalue weighted by molar-refractivity contribution is 5.23. The first-order valence-electron chi connectivity index (χ1n) is 5.39. The molecule has 1 nitrogen and oxygen atoms in total. The molecule has 1 aromatic carbocycles. The van der Waals surface area contributed by atoms with Gasteiger partial charge in [0.2, 0.25) is 0 Å². The summed E-state index contributed by atoms with van der Waals surface area (Å²) in [6.45, 7) is 0. The minimum absolute atomic E-state index is 0.307. The molecule has 1 aromatic rings. The number of halogens is 2. The van der Waals surface area contributed by atoms with Crippen LogP contribution in [0.2, 0.25) is 0 Å². The van der Waals surface area contributed by atoms with E-state index < -0.39 is 11.6 Å². The van der Waals surface area contributed by atoms with Crippen molar-refractivity contribution in [1.82, 2.24) is 0 Å². The van der Waals surface area contributed by atoms with Gasteiger partial charge in [-0.1, -0.05) is 25.0 Å². The van der Waals surface area contributed by atoms with Crippen LogP contribution in [0.15, 0.2) is 18.2 Å². The van der Waals surface area contributed by atoms with Crippen molar-refractivity contribution in [1.29, 1.82) is 0 Å². The largest absolute Gasteiger partial charge is 0.324 e. The molecule has 0 spiro atoms. The molecular weight excluding hydrogens is 196 g/mol. The van der Waals surface area contributed by atoms with E-state index in [9.17, 15) is 8.78 Å². The van der Waals surface area contributed by atoms with E-state index in [1.807, 2.05) is 0 Å². The first-order valence-corrected chi connectivity index (χ1v) is 5.39. The molecule has 0 heterocycles. The van der Waals surface area contributed by atoms with Crippen molar-refractivity contribution in [3.8, 4) is 0 Å². The molecule has 1 unspecified atom stereocenters. The van der Waals surface area contributed by atoms with Crippen LogP contribution in [-0.2, 0) is 0 Å². The quantitative estimate of drug-likeness (QED) is 0.799. The fraction of sp³-hybridized carbons (Fsp3) is 0.500. The fourth-order valence-corrected chi connectivity index (χ4v) is 2.35. The van der Waals surface area contributed by atoms with E-state index in [2.05, 4.69) is 0 Å². The average molecular weight is 211 g/mol. The number of rotatable bonds is 2. The van der Waals surface area contributed by atoms with Gasteiger partial charge in [-0.3, -0.25) is 0 Å². The van der Waals surface area contributed by atoms with Gasteiger partial charge in [0.25, 0.3) is 0 Å². The maximum absolute atomic E-state index is 13.5. The van der Waals surface area contributed by atoms with Crippen LogP contribution in [0.1, 0.15) is 37.3 Å². The molecule has 0 aromatic heterocycles. The normalized spacial score (nSPS) is 19.4. The van der Waals surface area contributed by atoms with E-state index in [1.54, 1.807) is 6.07 Å². The van der Waals surface area contributed by atoms with E-state index in [-0.39, 0.29) is 6.04 Å². The van der Waals surface area contributed by atoms with E-state index in [1.165, 1.54) is 6.07 Å². The molecule has 0 aliphatic heterocycles. The highest BCUT2D eigenvalue weighted by Gasteiger charge is 2.25. The van der Waals surface area contributed by atoms with Gasteiger partial charge in [0, 0.05) is 11.6 Å². The molecule has 0 saturated heterocycles. The molecule has 3 heteroatoms. The number of hydrogen-bond acceptors (Lipinski definition) is 1. The van der Waals surface area contributed by atoms with E-state index in [0.717, 1.165) is 31.7 Å². The summed E-state index contributed by atoms with van der Waals surface area (Å²) in [4.78, 5) is 0. The summed E-state index contributed by atoms with van der Waals surface area (Å²) in [6.07, 6.45) is 4.35. The molecule has 1 atom stereocenters. The van der Waals surface area contributed by atoms with Gasteiger partial charge in [0.05, 0.1) is 0 Å². The third kappa shape index (κ3) is 2.02. The molecule has 2 rings (SSSR count). The summed E-state index contributed by atoms with van der Waals surface area (Å²) < 4.78 is 26.4. The summed E-state index contributed by atoms with van der Waals surface area (Å²) in [5.41, 5.74) is 6.28. The smallest absolute Gasteiger partial charge is 0.163 e. The van der Waals surface area contributed by atoms with Gasteiger partial charge in [-0.25, -0.2) is 8.78 Å². The van der Waals surface area contributed by atoms with Gasteiger partial charge >= 0.3 is 0 Å². The molecule has 1 aliphatic carbocycles. The molecular formula is C12H15F2N. The van der Waals surface area contributed by atoms with E-state index in [4.69, 9.17) is 5.73 Å². The highest BCUT2D eigenvalue weighted by atomic mass is 19.2. The van der Waals surface area contributed by atoms with Crippen molar-refractivity contribution >= 4 is 0 Å². The zero-order valence-electron chi connectivity index (χ0n) is 8.55. The van der Waals surface area contributed by atoms with Crippen molar-refractivity contribution in [2.24, 2.45) is 11.7 Å². The number of benzene rings is 1. The molecule has 1 aliphatic rings. The fourth-order valence-electron chi connectivity index (χ4n) is 2.35. The minimum Gasteiger partial charge on any atom is -0.324 e. The standard InChI is InChI=1S/C12H15F2N/c13-10-7-3-6-9(11(10)14)12(15)8-4-1-2-5-8/h3,6-8,12H,1-2,4-5,15H2. The van der Waals surface area contributed by atoms with Crippen LogP contribution in [0.4, 0.5) is 8.78 Å². The summed E-state index contributed by atoms with van der Waals surface area (Å²) in [5, 5.41) is 0. The van der Waals surface area contributed by atoms with Crippen molar-refractivity contribution in [3.05, 3.63) is 35.4 Å². The Balaban J connectivity index is 2.24. The lowest BCUT2D eigenvalue weighted by atomic mass is 9.92. The molecule has 15 heavy (non-hydrogen) atoms. The number of hydrogen-bond donors (Lipinski definition) is 1. The Labute approximate surface area is 88.3 Å². The Bertz CT molecular complexity index is 345. The molecule has 2 N–H and O–H groups in total. The van der Waals surface area contributed by atoms with Crippen LogP contribution < -0.4 is 5.73 Å². The zero-order valence-corrected chi connectivity index (χ0v) is 8.55.